The van der Waals surface area contributed by atoms with Gasteiger partial charge in [-0.05, 0) is 351 Å². The molecule has 0 unspecified atom stereocenters. The van der Waals surface area contributed by atoms with Crippen molar-refractivity contribution in [2.75, 3.05) is 134 Å². The number of anilines is 4. The van der Waals surface area contributed by atoms with Crippen molar-refractivity contribution < 1.29 is 88.4 Å². The predicted octanol–water partition coefficient (Wildman–Crippen LogP) is 17.2. The minimum atomic E-state index is -0.775. The summed E-state index contributed by atoms with van der Waals surface area (Å²) in [4.78, 5) is 142. The number of aliphatic hydroxyl groups is 1. The highest BCUT2D eigenvalue weighted by molar-refractivity contribution is 5.85. The summed E-state index contributed by atoms with van der Waals surface area (Å²) in [5.41, 5.74) is 7.55. The van der Waals surface area contributed by atoms with Gasteiger partial charge in [-0.1, -0.05) is 24.3 Å². The molecule has 32 heteroatoms. The minimum absolute atomic E-state index is 0. The third-order valence-electron chi connectivity index (χ3n) is 25.9. The van der Waals surface area contributed by atoms with Crippen molar-refractivity contribution in [3.63, 3.8) is 0 Å². The Morgan fingerprint density at radius 3 is 0.854 bits per heavy atom. The van der Waals surface area contributed by atoms with E-state index in [2.05, 4.69) is 86.1 Å². The highest BCUT2D eigenvalue weighted by atomic mass is 35.5. The number of amides is 4. The van der Waals surface area contributed by atoms with Crippen LogP contribution in [0.2, 0.25) is 0 Å². The van der Waals surface area contributed by atoms with Gasteiger partial charge in [-0.15, -0.1) is 12.4 Å². The van der Waals surface area contributed by atoms with Crippen molar-refractivity contribution in [2.45, 2.75) is 342 Å². The maximum Gasteiger partial charge on any atom is 0.410 e. The number of aryl methyl sites for hydroxylation is 8. The van der Waals surface area contributed by atoms with E-state index in [4.69, 9.17) is 29.8 Å². The van der Waals surface area contributed by atoms with Crippen LogP contribution < -0.4 is 26.6 Å². The number of carboxylic acid groups (broad SMARTS) is 2. The van der Waals surface area contributed by atoms with Gasteiger partial charge in [0.15, 0.2) is 0 Å². The molecule has 13 heterocycles. The van der Waals surface area contributed by atoms with E-state index in [1.165, 1.54) is 62.8 Å². The van der Waals surface area contributed by atoms with Crippen LogP contribution in [0.5, 0.6) is 0 Å². The van der Waals surface area contributed by atoms with Crippen molar-refractivity contribution in [2.24, 2.45) is 29.6 Å². The van der Waals surface area contributed by atoms with Crippen LogP contribution in [-0.2, 0) is 118 Å². The Balaban J connectivity index is 0.000000294. The highest BCUT2D eigenvalue weighted by Crippen LogP contribution is 2.32. The molecule has 4 aromatic heterocycles. The average molecular weight is 1940 g/mol. The van der Waals surface area contributed by atoms with E-state index >= 15 is 0 Å². The maximum absolute atomic E-state index is 12.6. The molecule has 0 saturated carbocycles. The summed E-state index contributed by atoms with van der Waals surface area (Å²) >= 11 is 0. The van der Waals surface area contributed by atoms with Gasteiger partial charge in [0.2, 0.25) is 17.7 Å². The van der Waals surface area contributed by atoms with Crippen LogP contribution in [-0.4, -0.2) is 244 Å². The fourth-order valence-corrected chi connectivity index (χ4v) is 18.1. The number of halogens is 1. The van der Waals surface area contributed by atoms with E-state index in [1.54, 1.807) is 25.7 Å². The first-order valence-electron chi connectivity index (χ1n) is 51.0. The molecule has 4 amide bonds. The maximum atomic E-state index is 12.6. The van der Waals surface area contributed by atoms with Gasteiger partial charge in [-0.3, -0.25) is 43.2 Å². The number of hydrogen-bond acceptors (Lipinski definition) is 25. The fourth-order valence-electron chi connectivity index (χ4n) is 18.1. The second-order valence-electron chi connectivity index (χ2n) is 40.7. The number of carbonyl (C=O) groups excluding carboxylic acids is 8. The molecule has 31 nitrogen and oxygen atoms in total. The minimum Gasteiger partial charge on any atom is -0.481 e. The standard InChI is InChI=1S/C24H37N3O3.C21H31N3O3.C20H29N3O3.C15H27NO4.C11H14N2O2.C10H19NO2.C4H10O.ClH.H2/c1-24(2,3)30-22(29)8-4-6-18-13-16-27(17-14-18)21(28)12-11-20-10-9-19-7-5-15-25-23(19)26-20;1-27-20(26)6-2-4-16-11-14-24(15-12-16)19(25)10-9-18-8-7-17-5-3-13-22-21(17)23-18;24-18(23-13-10-15(11-14-23)3-1-5-19(25)26)9-8-17-7-6-16-4-2-12-21-20(16)22-17;1-15(2,3)20-14(18)16-10-8-12(9-11-16)6-5-7-13(17)19-4;14-10(15)6-5-9-4-3-8-2-1-7-12-11(8)13-9;1-13-10(12)4-2-3-9-5-7-11-8-6-9;1-4(2,3)5;;/h9-10,18H,4-8,11-17H2,1-3H3,(H,25,26);7-8,16H,2-6,9-15H2,1H3,(H,22,23);6-7,15H,1-5,8-14H2,(H,21,22)(H,25,26);12H,5-11H2,1-4H3;3-4H,1-2,5-7H2,(H,12,13)(H,14,15);9,11H,2-8H2,1H3;5H,1-3H3;2*1H. The molecule has 13 rings (SSSR count). The molecular weight excluding hydrogens is 1770 g/mol. The lowest BCUT2D eigenvalue weighted by molar-refractivity contribution is -0.155. The molecule has 0 spiro atoms. The van der Waals surface area contributed by atoms with Crippen molar-refractivity contribution in [3.05, 3.63) is 93.6 Å². The molecule has 4 aromatic rings. The Bertz CT molecular complexity index is 4310. The van der Waals surface area contributed by atoms with Gasteiger partial charge in [0, 0.05) is 161 Å². The summed E-state index contributed by atoms with van der Waals surface area (Å²) < 4.78 is 24.6. The average Bonchev–Trinajstić information content (AvgIpc) is 0.693. The molecule has 9 aliphatic heterocycles. The van der Waals surface area contributed by atoms with E-state index < -0.39 is 28.7 Å². The van der Waals surface area contributed by atoms with Gasteiger partial charge < -0.3 is 85.2 Å². The van der Waals surface area contributed by atoms with Crippen LogP contribution in [0.25, 0.3) is 0 Å². The highest BCUT2D eigenvalue weighted by Gasteiger charge is 2.31. The van der Waals surface area contributed by atoms with Crippen LogP contribution in [0.3, 0.4) is 0 Å². The van der Waals surface area contributed by atoms with Crippen molar-refractivity contribution >= 4 is 95.3 Å². The molecular formula is C105H170ClN13O18. The summed E-state index contributed by atoms with van der Waals surface area (Å²) in [6.45, 7) is 29.2. The van der Waals surface area contributed by atoms with Gasteiger partial charge in [-0.2, -0.15) is 0 Å². The molecule has 5 fully saturated rings. The van der Waals surface area contributed by atoms with Gasteiger partial charge in [0.25, 0.3) is 0 Å². The lowest BCUT2D eigenvalue weighted by Gasteiger charge is -2.33. The SMILES string of the molecule is CC(C)(C)O.CC(C)(C)OC(=O)CCCC1CCN(C(=O)CCc2ccc3c(n2)NCCC3)CC1.COC(=O)CCCC1CCN(C(=O)CCc2ccc3c(n2)NCCC3)CC1.COC(=O)CCCC1CCN(C(=O)OC(C)(C)C)CC1.COC(=O)CCCC1CCNCC1.Cl.O=C(O)CCCC1CCN(C(=O)CCc2ccc3c(n2)NCCC3)CC1.O=C(O)CCc1ccc2c(n1)NCCC2.[HH]. The number of aliphatic carboxylic acids is 2. The van der Waals surface area contributed by atoms with Crippen LogP contribution in [0.1, 0.15) is 321 Å². The number of carboxylic acids is 2. The number of likely N-dealkylation sites (tertiary alicyclic amines) is 4. The summed E-state index contributed by atoms with van der Waals surface area (Å²) in [6, 6.07) is 16.6. The first-order valence-corrected chi connectivity index (χ1v) is 51.0. The summed E-state index contributed by atoms with van der Waals surface area (Å²) in [5.74, 6) is 5.84. The molecule has 5 saturated heterocycles. The molecule has 8 N–H and O–H groups in total. The normalized spacial score (nSPS) is 16.7. The summed E-state index contributed by atoms with van der Waals surface area (Å²) in [7, 11) is 4.30. The third kappa shape index (κ3) is 48.8. The lowest BCUT2D eigenvalue weighted by atomic mass is 9.91. The lowest BCUT2D eigenvalue weighted by Crippen LogP contribution is -2.41. The van der Waals surface area contributed by atoms with Crippen molar-refractivity contribution in [1.82, 2.24) is 44.9 Å². The first-order chi connectivity index (χ1) is 65.0. The van der Waals surface area contributed by atoms with Crippen LogP contribution >= 0.6 is 12.4 Å². The number of pyridine rings is 4. The monoisotopic (exact) mass is 1940 g/mol. The first kappa shape index (κ1) is 116. The van der Waals surface area contributed by atoms with E-state index in [0.29, 0.717) is 94.3 Å². The number of nitrogens with one attached hydrogen (secondary N) is 5. The number of methoxy groups -OCH3 is 3. The third-order valence-corrected chi connectivity index (χ3v) is 25.9. The quantitative estimate of drug-likeness (QED) is 0.0166. The Morgan fingerprint density at radius 2 is 0.591 bits per heavy atom. The number of fused-ring (bicyclic) bond motifs is 4. The molecule has 0 aliphatic carbocycles. The Morgan fingerprint density at radius 1 is 0.343 bits per heavy atom. The van der Waals surface area contributed by atoms with E-state index in [0.717, 1.165) is 304 Å². The number of esters is 4. The second-order valence-corrected chi connectivity index (χ2v) is 40.7. The molecule has 137 heavy (non-hydrogen) atoms. The van der Waals surface area contributed by atoms with Crippen molar-refractivity contribution in [3.8, 4) is 0 Å². The smallest absolute Gasteiger partial charge is 0.410 e. The molecule has 770 valence electrons. The number of nitrogens with zero attached hydrogens (tertiary/aromatic N) is 8. The van der Waals surface area contributed by atoms with E-state index in [-0.39, 0.29) is 74.4 Å². The zero-order chi connectivity index (χ0) is 98.8. The van der Waals surface area contributed by atoms with Crippen LogP contribution in [0, 0.1) is 29.6 Å². The second kappa shape index (κ2) is 62.5. The number of aromatic nitrogens is 4. The van der Waals surface area contributed by atoms with Gasteiger partial charge in [0.1, 0.15) is 34.5 Å². The number of carbonyl (C=O) groups is 10. The Kier molecular flexibility index (Phi) is 53.1. The molecule has 9 aliphatic rings. The molecule has 0 radical (unpaired) electrons. The molecule has 0 aromatic carbocycles. The zero-order valence-electron chi connectivity index (χ0n) is 84.8. The number of ether oxygens (including phenoxy) is 5. The fraction of sp³-hybridized carbons (Fsp3) is 0.714. The predicted molar refractivity (Wildman–Crippen MR) is 539 cm³/mol. The Labute approximate surface area is 823 Å². The van der Waals surface area contributed by atoms with Gasteiger partial charge >= 0.3 is 41.9 Å². The summed E-state index contributed by atoms with van der Waals surface area (Å²) in [5, 5.41) is 42.4. The largest absolute Gasteiger partial charge is 0.481 e. The topological polar surface area (TPSA) is 402 Å². The number of hydrogen-bond donors (Lipinski definition) is 8. The zero-order valence-corrected chi connectivity index (χ0v) is 85.7. The molecule has 0 bridgehead atoms. The van der Waals surface area contributed by atoms with Gasteiger partial charge in [-0.25, -0.2) is 24.7 Å². The van der Waals surface area contributed by atoms with Crippen LogP contribution in [0.4, 0.5) is 28.1 Å². The summed E-state index contributed by atoms with van der Waals surface area (Å²) in [6.07, 6.45) is 35.5. The van der Waals surface area contributed by atoms with Crippen LogP contribution in [0.15, 0.2) is 48.5 Å². The van der Waals surface area contributed by atoms with Gasteiger partial charge in [0.05, 0.1) is 33.4 Å². The van der Waals surface area contributed by atoms with E-state index in [1.807, 2.05) is 74.4 Å². The van der Waals surface area contributed by atoms with E-state index in [9.17, 15) is 47.9 Å². The number of rotatable bonds is 32. The molecule has 0 atom stereocenters. The number of piperidine rings is 5. The Hall–Kier alpha value is -9.49. The van der Waals surface area contributed by atoms with Crippen molar-refractivity contribution in [1.29, 1.82) is 0 Å².